The van der Waals surface area contributed by atoms with Crippen molar-refractivity contribution in [1.29, 1.82) is 0 Å². The number of carbonyl (C=O) groups excluding carboxylic acids is 2. The maximum Gasteiger partial charge on any atom is 0.231 e. The first kappa shape index (κ1) is 15.6. The van der Waals surface area contributed by atoms with E-state index in [9.17, 15) is 9.59 Å². The van der Waals surface area contributed by atoms with Crippen molar-refractivity contribution in [1.82, 2.24) is 10.2 Å². The molecule has 5 nitrogen and oxygen atoms in total. The summed E-state index contributed by atoms with van der Waals surface area (Å²) in [6.45, 7) is 1.86. The average molecular weight is 328 g/mol. The van der Waals surface area contributed by atoms with Crippen molar-refractivity contribution < 1.29 is 14.3 Å². The zero-order valence-electron chi connectivity index (χ0n) is 13.9. The number of ether oxygens (including phenoxy) is 1. The second-order valence-corrected chi connectivity index (χ2v) is 7.21. The van der Waals surface area contributed by atoms with E-state index in [2.05, 4.69) is 5.32 Å². The molecule has 1 aromatic carbocycles. The minimum atomic E-state index is -0.532. The minimum Gasteiger partial charge on any atom is -0.381 e. The summed E-state index contributed by atoms with van der Waals surface area (Å²) in [6.07, 6.45) is 4.03. The normalized spacial score (nSPS) is 26.4. The molecule has 0 radical (unpaired) electrons. The van der Waals surface area contributed by atoms with Crippen LogP contribution in [0.15, 0.2) is 30.3 Å². The zero-order valence-corrected chi connectivity index (χ0v) is 13.9. The first-order valence-electron chi connectivity index (χ1n) is 8.93. The van der Waals surface area contributed by atoms with E-state index in [0.29, 0.717) is 45.1 Å². The van der Waals surface area contributed by atoms with E-state index in [0.717, 1.165) is 18.4 Å². The first-order chi connectivity index (χ1) is 11.7. The van der Waals surface area contributed by atoms with Gasteiger partial charge in [-0.3, -0.25) is 9.59 Å². The second kappa shape index (κ2) is 6.20. The number of benzene rings is 1. The molecular formula is C19H24N2O3. The number of likely N-dealkylation sites (tertiary alicyclic amines) is 1. The van der Waals surface area contributed by atoms with Gasteiger partial charge in [0.2, 0.25) is 11.8 Å². The van der Waals surface area contributed by atoms with Crippen LogP contribution in [-0.4, -0.2) is 48.6 Å². The predicted molar refractivity (Wildman–Crippen MR) is 89.5 cm³/mol. The van der Waals surface area contributed by atoms with Crippen molar-refractivity contribution in [3.63, 3.8) is 0 Å². The number of hydrogen-bond acceptors (Lipinski definition) is 3. The van der Waals surface area contributed by atoms with E-state index in [-0.39, 0.29) is 17.9 Å². The molecule has 0 aromatic heterocycles. The molecule has 1 aromatic rings. The molecule has 1 N–H and O–H groups in total. The van der Waals surface area contributed by atoms with Crippen LogP contribution in [0.25, 0.3) is 0 Å². The quantitative estimate of drug-likeness (QED) is 0.914. The fourth-order valence-electron chi connectivity index (χ4n) is 4.01. The number of rotatable bonds is 4. The van der Waals surface area contributed by atoms with E-state index >= 15 is 0 Å². The highest BCUT2D eigenvalue weighted by molar-refractivity contribution is 5.90. The Kier molecular flexibility index (Phi) is 4.04. The summed E-state index contributed by atoms with van der Waals surface area (Å²) in [6, 6.07) is 10.3. The molecule has 2 aliphatic heterocycles. The molecule has 1 atom stereocenters. The molecule has 4 rings (SSSR count). The summed E-state index contributed by atoms with van der Waals surface area (Å²) in [5.41, 5.74) is 0.518. The summed E-state index contributed by atoms with van der Waals surface area (Å²) in [4.78, 5) is 27.3. The lowest BCUT2D eigenvalue weighted by atomic mass is 9.73. The van der Waals surface area contributed by atoms with Crippen molar-refractivity contribution in [2.45, 2.75) is 49.6 Å². The highest BCUT2D eigenvalue weighted by atomic mass is 16.5. The van der Waals surface area contributed by atoms with Gasteiger partial charge in [-0.1, -0.05) is 30.3 Å². The van der Waals surface area contributed by atoms with Crippen LogP contribution in [0.5, 0.6) is 0 Å². The average Bonchev–Trinajstić information content (AvgIpc) is 3.40. The van der Waals surface area contributed by atoms with Gasteiger partial charge >= 0.3 is 0 Å². The Morgan fingerprint density at radius 1 is 1.17 bits per heavy atom. The smallest absolute Gasteiger partial charge is 0.231 e. The fraction of sp³-hybridized carbons (Fsp3) is 0.579. The summed E-state index contributed by atoms with van der Waals surface area (Å²) in [7, 11) is 0. The predicted octanol–water partition coefficient (Wildman–Crippen LogP) is 1.61. The number of carbonyl (C=O) groups is 2. The molecule has 24 heavy (non-hydrogen) atoms. The Labute approximate surface area is 142 Å². The van der Waals surface area contributed by atoms with Gasteiger partial charge in [0, 0.05) is 32.2 Å². The van der Waals surface area contributed by atoms with Crippen LogP contribution in [-0.2, 0) is 19.7 Å². The standard InChI is InChI=1S/C19H24N2O3/c22-17-12-15(13-21(17)16-6-7-16)20-18(23)19(8-10-24-11-9-19)14-4-2-1-3-5-14/h1-5,15-16H,6-13H2,(H,20,23). The van der Waals surface area contributed by atoms with Gasteiger partial charge in [-0.15, -0.1) is 0 Å². The number of nitrogens with zero attached hydrogens (tertiary/aromatic N) is 1. The van der Waals surface area contributed by atoms with Gasteiger partial charge in [-0.2, -0.15) is 0 Å². The number of amides is 2. The van der Waals surface area contributed by atoms with Crippen molar-refractivity contribution >= 4 is 11.8 Å². The van der Waals surface area contributed by atoms with Crippen molar-refractivity contribution in [3.05, 3.63) is 35.9 Å². The van der Waals surface area contributed by atoms with Crippen LogP contribution < -0.4 is 5.32 Å². The molecule has 3 aliphatic rings. The third-order valence-corrected chi connectivity index (χ3v) is 5.59. The Morgan fingerprint density at radius 3 is 2.54 bits per heavy atom. The highest BCUT2D eigenvalue weighted by Crippen LogP contribution is 2.36. The maximum atomic E-state index is 13.2. The third-order valence-electron chi connectivity index (χ3n) is 5.59. The van der Waals surface area contributed by atoms with E-state index < -0.39 is 5.41 Å². The molecule has 2 saturated heterocycles. The van der Waals surface area contributed by atoms with E-state index in [1.54, 1.807) is 0 Å². The lowest BCUT2D eigenvalue weighted by molar-refractivity contribution is -0.131. The Balaban J connectivity index is 1.51. The highest BCUT2D eigenvalue weighted by Gasteiger charge is 2.45. The van der Waals surface area contributed by atoms with Crippen LogP contribution in [0.1, 0.15) is 37.7 Å². The van der Waals surface area contributed by atoms with Crippen molar-refractivity contribution in [2.24, 2.45) is 0 Å². The fourth-order valence-corrected chi connectivity index (χ4v) is 4.01. The Hall–Kier alpha value is -1.88. The van der Waals surface area contributed by atoms with E-state index in [1.807, 2.05) is 35.2 Å². The monoisotopic (exact) mass is 328 g/mol. The van der Waals surface area contributed by atoms with Crippen LogP contribution in [0, 0.1) is 0 Å². The molecule has 1 aliphatic carbocycles. The van der Waals surface area contributed by atoms with Crippen molar-refractivity contribution in [2.75, 3.05) is 19.8 Å². The van der Waals surface area contributed by atoms with Gasteiger partial charge in [0.15, 0.2) is 0 Å². The van der Waals surface area contributed by atoms with Gasteiger partial charge in [-0.05, 0) is 31.2 Å². The SMILES string of the molecule is O=C1CC(NC(=O)C2(c3ccccc3)CCOCC2)CN1C1CC1. The van der Waals surface area contributed by atoms with Gasteiger partial charge < -0.3 is 15.0 Å². The molecule has 128 valence electrons. The lowest BCUT2D eigenvalue weighted by Crippen LogP contribution is -2.51. The van der Waals surface area contributed by atoms with E-state index in [1.165, 1.54) is 0 Å². The molecule has 2 heterocycles. The summed E-state index contributed by atoms with van der Waals surface area (Å²) in [5, 5.41) is 3.17. The van der Waals surface area contributed by atoms with Gasteiger partial charge in [0.25, 0.3) is 0 Å². The van der Waals surface area contributed by atoms with Gasteiger partial charge in [-0.25, -0.2) is 0 Å². The summed E-state index contributed by atoms with van der Waals surface area (Å²) >= 11 is 0. The second-order valence-electron chi connectivity index (χ2n) is 7.21. The molecule has 1 saturated carbocycles. The van der Waals surface area contributed by atoms with Gasteiger partial charge in [0.05, 0.1) is 11.5 Å². The maximum absolute atomic E-state index is 13.2. The number of nitrogens with one attached hydrogen (secondary N) is 1. The largest absolute Gasteiger partial charge is 0.381 e. The molecule has 2 amide bonds. The molecule has 5 heteroatoms. The van der Waals surface area contributed by atoms with Crippen LogP contribution in [0.4, 0.5) is 0 Å². The van der Waals surface area contributed by atoms with Crippen LogP contribution in [0.2, 0.25) is 0 Å². The van der Waals surface area contributed by atoms with E-state index in [4.69, 9.17) is 4.74 Å². The molecular weight excluding hydrogens is 304 g/mol. The van der Waals surface area contributed by atoms with Crippen molar-refractivity contribution in [3.8, 4) is 0 Å². The van der Waals surface area contributed by atoms with Crippen LogP contribution in [0.3, 0.4) is 0 Å². The summed E-state index contributed by atoms with van der Waals surface area (Å²) < 4.78 is 5.50. The van der Waals surface area contributed by atoms with Gasteiger partial charge in [0.1, 0.15) is 0 Å². The minimum absolute atomic E-state index is 0.0486. The lowest BCUT2D eigenvalue weighted by Gasteiger charge is -2.37. The first-order valence-corrected chi connectivity index (χ1v) is 8.93. The van der Waals surface area contributed by atoms with Crippen LogP contribution >= 0.6 is 0 Å². The topological polar surface area (TPSA) is 58.6 Å². The molecule has 0 spiro atoms. The molecule has 3 fully saturated rings. The molecule has 1 unspecified atom stereocenters. The summed E-state index contributed by atoms with van der Waals surface area (Å²) in [5.74, 6) is 0.232. The Bertz CT molecular complexity index is 621. The zero-order chi connectivity index (χ0) is 16.6. The Morgan fingerprint density at radius 2 is 1.88 bits per heavy atom. The number of hydrogen-bond donors (Lipinski definition) is 1. The molecule has 0 bridgehead atoms. The third kappa shape index (κ3) is 2.81.